The first kappa shape index (κ1) is 13.2. The second-order valence-corrected chi connectivity index (χ2v) is 6.21. The lowest BCUT2D eigenvalue weighted by Gasteiger charge is -2.11. The van der Waals surface area contributed by atoms with E-state index in [1.165, 1.54) is 12.8 Å². The van der Waals surface area contributed by atoms with Gasteiger partial charge in [0.1, 0.15) is 11.6 Å². The molecule has 0 spiro atoms. The van der Waals surface area contributed by atoms with Gasteiger partial charge in [0.2, 0.25) is 5.91 Å². The third kappa shape index (κ3) is 2.88. The number of hydrogen-bond acceptors (Lipinski definition) is 4. The second-order valence-electron chi connectivity index (χ2n) is 5.23. The van der Waals surface area contributed by atoms with Gasteiger partial charge in [-0.15, -0.1) is 11.3 Å². The topological polar surface area (TPSA) is 54.9 Å². The SMILES string of the molecule is Cc1nc(NC(=O)[C@H](C)c2cccs2)cc(C2CC2)n1. The van der Waals surface area contributed by atoms with Crippen LogP contribution in [-0.4, -0.2) is 15.9 Å². The highest BCUT2D eigenvalue weighted by Crippen LogP contribution is 2.39. The van der Waals surface area contributed by atoms with Gasteiger partial charge in [0.05, 0.1) is 5.92 Å². The number of hydrogen-bond donors (Lipinski definition) is 1. The average Bonchev–Trinajstić information content (AvgIpc) is 3.13. The number of carbonyl (C=O) groups excluding carboxylic acids is 1. The van der Waals surface area contributed by atoms with Crippen LogP contribution in [0.5, 0.6) is 0 Å². The van der Waals surface area contributed by atoms with Crippen molar-refractivity contribution in [3.63, 3.8) is 0 Å². The molecule has 0 bridgehead atoms. The summed E-state index contributed by atoms with van der Waals surface area (Å²) < 4.78 is 0. The van der Waals surface area contributed by atoms with E-state index in [-0.39, 0.29) is 11.8 Å². The van der Waals surface area contributed by atoms with Crippen molar-refractivity contribution in [1.82, 2.24) is 9.97 Å². The Hall–Kier alpha value is -1.75. The molecule has 0 saturated heterocycles. The number of rotatable bonds is 4. The lowest BCUT2D eigenvalue weighted by Crippen LogP contribution is -2.19. The summed E-state index contributed by atoms with van der Waals surface area (Å²) in [4.78, 5) is 22.1. The van der Waals surface area contributed by atoms with Gasteiger partial charge in [0.25, 0.3) is 0 Å². The smallest absolute Gasteiger partial charge is 0.233 e. The quantitative estimate of drug-likeness (QED) is 0.936. The number of thiophene rings is 1. The Balaban J connectivity index is 1.75. The van der Waals surface area contributed by atoms with Crippen LogP contribution in [-0.2, 0) is 4.79 Å². The Bertz CT molecular complexity index is 620. The number of amides is 1. The molecule has 1 aliphatic rings. The highest BCUT2D eigenvalue weighted by Gasteiger charge is 2.26. The fourth-order valence-electron chi connectivity index (χ4n) is 2.14. The Kier molecular flexibility index (Phi) is 3.53. The van der Waals surface area contributed by atoms with Crippen molar-refractivity contribution in [3.05, 3.63) is 40.0 Å². The van der Waals surface area contributed by atoms with E-state index in [0.717, 1.165) is 10.6 Å². The summed E-state index contributed by atoms with van der Waals surface area (Å²) >= 11 is 1.60. The summed E-state index contributed by atoms with van der Waals surface area (Å²) in [7, 11) is 0. The standard InChI is InChI=1S/C15H17N3OS/c1-9(13-4-3-7-20-13)15(19)18-14-8-12(11-5-6-11)16-10(2)17-14/h3-4,7-9,11H,5-6H2,1-2H3,(H,16,17,18,19)/t9-/m1/s1. The zero-order chi connectivity index (χ0) is 14.1. The van der Waals surface area contributed by atoms with Crippen molar-refractivity contribution in [1.29, 1.82) is 0 Å². The molecule has 0 aromatic carbocycles. The van der Waals surface area contributed by atoms with Gasteiger partial charge < -0.3 is 5.32 Å². The highest BCUT2D eigenvalue weighted by atomic mass is 32.1. The normalized spacial score (nSPS) is 15.9. The van der Waals surface area contributed by atoms with Crippen LogP contribution in [0.15, 0.2) is 23.6 Å². The first-order valence-corrected chi connectivity index (χ1v) is 7.71. The van der Waals surface area contributed by atoms with E-state index in [1.54, 1.807) is 11.3 Å². The van der Waals surface area contributed by atoms with Crippen LogP contribution in [0.4, 0.5) is 5.82 Å². The molecule has 0 unspecified atom stereocenters. The van der Waals surface area contributed by atoms with E-state index in [4.69, 9.17) is 0 Å². The van der Waals surface area contributed by atoms with Crippen LogP contribution in [0.25, 0.3) is 0 Å². The molecule has 2 heterocycles. The van der Waals surface area contributed by atoms with Gasteiger partial charge in [0.15, 0.2) is 0 Å². The van der Waals surface area contributed by atoms with E-state index < -0.39 is 0 Å². The fourth-order valence-corrected chi connectivity index (χ4v) is 2.93. The van der Waals surface area contributed by atoms with Crippen molar-refractivity contribution in [2.45, 2.75) is 38.5 Å². The van der Waals surface area contributed by atoms with E-state index in [2.05, 4.69) is 15.3 Å². The average molecular weight is 287 g/mol. The maximum Gasteiger partial charge on any atom is 0.233 e. The number of aryl methyl sites for hydroxylation is 1. The number of aromatic nitrogens is 2. The van der Waals surface area contributed by atoms with Crippen LogP contribution in [0.2, 0.25) is 0 Å². The Morgan fingerprint density at radius 3 is 2.90 bits per heavy atom. The third-order valence-electron chi connectivity index (χ3n) is 3.47. The maximum atomic E-state index is 12.3. The number of carbonyl (C=O) groups is 1. The van der Waals surface area contributed by atoms with Gasteiger partial charge in [-0.25, -0.2) is 9.97 Å². The molecule has 2 aromatic heterocycles. The minimum Gasteiger partial charge on any atom is -0.310 e. The minimum absolute atomic E-state index is 0.0210. The first-order chi connectivity index (χ1) is 9.63. The molecule has 2 aromatic rings. The molecule has 1 N–H and O–H groups in total. The van der Waals surface area contributed by atoms with E-state index in [1.807, 2.05) is 37.4 Å². The summed E-state index contributed by atoms with van der Waals surface area (Å²) in [6.45, 7) is 3.78. The monoisotopic (exact) mass is 287 g/mol. The van der Waals surface area contributed by atoms with Gasteiger partial charge in [0, 0.05) is 22.6 Å². The molecular formula is C15H17N3OS. The van der Waals surface area contributed by atoms with Crippen LogP contribution in [0.3, 0.4) is 0 Å². The predicted octanol–water partition coefficient (Wildman–Crippen LogP) is 3.47. The van der Waals surface area contributed by atoms with Crippen LogP contribution in [0.1, 0.15) is 48.0 Å². The van der Waals surface area contributed by atoms with Gasteiger partial charge in [-0.1, -0.05) is 6.07 Å². The van der Waals surface area contributed by atoms with Gasteiger partial charge >= 0.3 is 0 Å². The molecule has 20 heavy (non-hydrogen) atoms. The summed E-state index contributed by atoms with van der Waals surface area (Å²) in [6, 6.07) is 5.85. The Morgan fingerprint density at radius 2 is 2.25 bits per heavy atom. The lowest BCUT2D eigenvalue weighted by molar-refractivity contribution is -0.117. The number of nitrogens with one attached hydrogen (secondary N) is 1. The number of nitrogens with zero attached hydrogens (tertiary/aromatic N) is 2. The zero-order valence-corrected chi connectivity index (χ0v) is 12.4. The minimum atomic E-state index is -0.158. The summed E-state index contributed by atoms with van der Waals surface area (Å²) in [5.41, 5.74) is 1.05. The molecule has 0 radical (unpaired) electrons. The summed E-state index contributed by atoms with van der Waals surface area (Å²) in [5, 5.41) is 4.90. The van der Waals surface area contributed by atoms with Gasteiger partial charge in [-0.05, 0) is 38.1 Å². The Labute approximate surface area is 122 Å². The van der Waals surface area contributed by atoms with Crippen molar-refractivity contribution >= 4 is 23.1 Å². The van der Waals surface area contributed by atoms with E-state index >= 15 is 0 Å². The van der Waals surface area contributed by atoms with Crippen molar-refractivity contribution in [2.75, 3.05) is 5.32 Å². The molecular weight excluding hydrogens is 270 g/mol. The molecule has 5 heteroatoms. The van der Waals surface area contributed by atoms with Crippen LogP contribution < -0.4 is 5.32 Å². The van der Waals surface area contributed by atoms with Crippen molar-refractivity contribution in [3.8, 4) is 0 Å². The third-order valence-corrected chi connectivity index (χ3v) is 4.52. The second kappa shape index (κ2) is 5.32. The highest BCUT2D eigenvalue weighted by molar-refractivity contribution is 7.10. The van der Waals surface area contributed by atoms with Gasteiger partial charge in [-0.3, -0.25) is 4.79 Å². The molecule has 1 amide bonds. The molecule has 104 valence electrons. The zero-order valence-electron chi connectivity index (χ0n) is 11.6. The van der Waals surface area contributed by atoms with Crippen LogP contribution >= 0.6 is 11.3 Å². The maximum absolute atomic E-state index is 12.3. The lowest BCUT2D eigenvalue weighted by atomic mass is 10.1. The van der Waals surface area contributed by atoms with Crippen molar-refractivity contribution in [2.24, 2.45) is 0 Å². The number of anilines is 1. The summed E-state index contributed by atoms with van der Waals surface area (Å²) in [5.74, 6) is 1.71. The molecule has 1 saturated carbocycles. The summed E-state index contributed by atoms with van der Waals surface area (Å²) in [6.07, 6.45) is 2.38. The van der Waals surface area contributed by atoms with Crippen molar-refractivity contribution < 1.29 is 4.79 Å². The van der Waals surface area contributed by atoms with E-state index in [0.29, 0.717) is 17.6 Å². The molecule has 0 aliphatic heterocycles. The Morgan fingerprint density at radius 1 is 1.45 bits per heavy atom. The first-order valence-electron chi connectivity index (χ1n) is 6.83. The largest absolute Gasteiger partial charge is 0.310 e. The van der Waals surface area contributed by atoms with Gasteiger partial charge in [-0.2, -0.15) is 0 Å². The molecule has 4 nitrogen and oxygen atoms in total. The fraction of sp³-hybridized carbons (Fsp3) is 0.400. The predicted molar refractivity (Wildman–Crippen MR) is 80.1 cm³/mol. The molecule has 1 fully saturated rings. The molecule has 1 atom stereocenters. The molecule has 3 rings (SSSR count). The molecule has 1 aliphatic carbocycles. The van der Waals surface area contributed by atoms with E-state index in [9.17, 15) is 4.79 Å². The van der Waals surface area contributed by atoms with Crippen LogP contribution in [0, 0.1) is 6.92 Å².